The first-order valence-corrected chi connectivity index (χ1v) is 4.39. The molecule has 0 aromatic carbocycles. The fourth-order valence-corrected chi connectivity index (χ4v) is 0.741. The van der Waals surface area contributed by atoms with E-state index in [0.29, 0.717) is 12.5 Å². The molecule has 0 heterocycles. The van der Waals surface area contributed by atoms with Gasteiger partial charge in [0.1, 0.15) is 0 Å². The number of halogens is 1. The standard InChI is InChI=1S/C8H17ClO2/c1-7(6-10)8(2,3)11-5-4-9/h7,10H,4-6H2,1-3H3. The van der Waals surface area contributed by atoms with Crippen molar-refractivity contribution in [2.24, 2.45) is 5.92 Å². The zero-order chi connectivity index (χ0) is 8.91. The molecular formula is C8H17ClO2. The Morgan fingerprint density at radius 2 is 2.09 bits per heavy atom. The molecule has 1 unspecified atom stereocenters. The van der Waals surface area contributed by atoms with Crippen LogP contribution in [0, 0.1) is 5.92 Å². The van der Waals surface area contributed by atoms with Crippen molar-refractivity contribution >= 4 is 11.6 Å². The highest BCUT2D eigenvalue weighted by atomic mass is 35.5. The van der Waals surface area contributed by atoms with E-state index in [9.17, 15) is 0 Å². The number of aliphatic hydroxyl groups is 1. The summed E-state index contributed by atoms with van der Waals surface area (Å²) in [4.78, 5) is 0. The monoisotopic (exact) mass is 180 g/mol. The lowest BCUT2D eigenvalue weighted by molar-refractivity contribution is -0.0620. The molecule has 0 saturated heterocycles. The van der Waals surface area contributed by atoms with Gasteiger partial charge in [0.2, 0.25) is 0 Å². The number of ether oxygens (including phenoxy) is 1. The quantitative estimate of drug-likeness (QED) is 0.652. The van der Waals surface area contributed by atoms with Gasteiger partial charge in [0.05, 0.1) is 12.2 Å². The van der Waals surface area contributed by atoms with Crippen LogP contribution in [0.2, 0.25) is 0 Å². The number of hydrogen-bond acceptors (Lipinski definition) is 2. The van der Waals surface area contributed by atoms with Crippen LogP contribution in [-0.4, -0.2) is 29.8 Å². The molecule has 0 fully saturated rings. The summed E-state index contributed by atoms with van der Waals surface area (Å²) in [5.41, 5.74) is -0.274. The molecule has 0 aliphatic rings. The van der Waals surface area contributed by atoms with E-state index in [1.165, 1.54) is 0 Å². The third-order valence-electron chi connectivity index (χ3n) is 2.01. The minimum absolute atomic E-state index is 0.144. The Morgan fingerprint density at radius 3 is 2.45 bits per heavy atom. The van der Waals surface area contributed by atoms with Crippen LogP contribution in [0.3, 0.4) is 0 Å². The van der Waals surface area contributed by atoms with E-state index in [-0.39, 0.29) is 18.1 Å². The van der Waals surface area contributed by atoms with Crippen LogP contribution in [0.1, 0.15) is 20.8 Å². The van der Waals surface area contributed by atoms with Gasteiger partial charge in [-0.3, -0.25) is 0 Å². The van der Waals surface area contributed by atoms with E-state index in [4.69, 9.17) is 21.4 Å². The van der Waals surface area contributed by atoms with Crippen LogP contribution in [-0.2, 0) is 4.74 Å². The van der Waals surface area contributed by atoms with Crippen LogP contribution in [0.25, 0.3) is 0 Å². The maximum absolute atomic E-state index is 8.86. The minimum atomic E-state index is -0.274. The first kappa shape index (κ1) is 11.2. The molecule has 0 amide bonds. The summed E-state index contributed by atoms with van der Waals surface area (Å²) < 4.78 is 5.44. The van der Waals surface area contributed by atoms with E-state index in [2.05, 4.69) is 0 Å². The van der Waals surface area contributed by atoms with Crippen LogP contribution in [0.5, 0.6) is 0 Å². The van der Waals surface area contributed by atoms with Crippen molar-refractivity contribution in [3.05, 3.63) is 0 Å². The van der Waals surface area contributed by atoms with Crippen molar-refractivity contribution in [1.82, 2.24) is 0 Å². The van der Waals surface area contributed by atoms with E-state index >= 15 is 0 Å². The van der Waals surface area contributed by atoms with Gasteiger partial charge in [0, 0.05) is 18.4 Å². The van der Waals surface area contributed by atoms with Crippen LogP contribution in [0.4, 0.5) is 0 Å². The molecule has 2 nitrogen and oxygen atoms in total. The Morgan fingerprint density at radius 1 is 1.55 bits per heavy atom. The fraction of sp³-hybridized carbons (Fsp3) is 1.00. The molecule has 68 valence electrons. The number of aliphatic hydroxyl groups excluding tert-OH is 1. The minimum Gasteiger partial charge on any atom is -0.396 e. The lowest BCUT2D eigenvalue weighted by atomic mass is 9.93. The molecule has 0 aromatic rings. The van der Waals surface area contributed by atoms with Gasteiger partial charge in [-0.05, 0) is 13.8 Å². The molecule has 0 aromatic heterocycles. The van der Waals surface area contributed by atoms with E-state index in [0.717, 1.165) is 0 Å². The van der Waals surface area contributed by atoms with Gasteiger partial charge >= 0.3 is 0 Å². The summed E-state index contributed by atoms with van der Waals surface area (Å²) in [7, 11) is 0. The van der Waals surface area contributed by atoms with Crippen molar-refractivity contribution in [2.45, 2.75) is 26.4 Å². The Balaban J connectivity index is 3.77. The maximum atomic E-state index is 8.86. The molecule has 11 heavy (non-hydrogen) atoms. The zero-order valence-corrected chi connectivity index (χ0v) is 8.19. The van der Waals surface area contributed by atoms with Crippen LogP contribution < -0.4 is 0 Å². The second-order valence-electron chi connectivity index (χ2n) is 3.22. The molecule has 1 N–H and O–H groups in total. The van der Waals surface area contributed by atoms with Crippen LogP contribution >= 0.6 is 11.6 Å². The maximum Gasteiger partial charge on any atom is 0.0674 e. The highest BCUT2D eigenvalue weighted by Crippen LogP contribution is 2.20. The number of hydrogen-bond donors (Lipinski definition) is 1. The third kappa shape index (κ3) is 3.94. The fourth-order valence-electron chi connectivity index (χ4n) is 0.664. The molecule has 0 radical (unpaired) electrons. The summed E-state index contributed by atoms with van der Waals surface area (Å²) in [6.07, 6.45) is 0. The summed E-state index contributed by atoms with van der Waals surface area (Å²) in [6.45, 7) is 6.56. The predicted molar refractivity (Wildman–Crippen MR) is 47.0 cm³/mol. The summed E-state index contributed by atoms with van der Waals surface area (Å²) >= 11 is 5.47. The van der Waals surface area contributed by atoms with E-state index < -0.39 is 0 Å². The van der Waals surface area contributed by atoms with Crippen LogP contribution in [0.15, 0.2) is 0 Å². The largest absolute Gasteiger partial charge is 0.396 e. The summed E-state index contributed by atoms with van der Waals surface area (Å²) in [6, 6.07) is 0. The zero-order valence-electron chi connectivity index (χ0n) is 7.43. The first-order chi connectivity index (χ1) is 5.04. The molecule has 0 spiro atoms. The molecule has 0 aliphatic carbocycles. The Hall–Kier alpha value is 0.210. The molecule has 0 rings (SSSR count). The van der Waals surface area contributed by atoms with Crippen molar-refractivity contribution in [1.29, 1.82) is 0 Å². The van der Waals surface area contributed by atoms with Gasteiger partial charge in [-0.2, -0.15) is 0 Å². The highest BCUT2D eigenvalue weighted by molar-refractivity contribution is 6.17. The smallest absolute Gasteiger partial charge is 0.0674 e. The molecule has 0 bridgehead atoms. The molecule has 3 heteroatoms. The van der Waals surface area contributed by atoms with Gasteiger partial charge in [-0.25, -0.2) is 0 Å². The lowest BCUT2D eigenvalue weighted by Gasteiger charge is -2.30. The summed E-state index contributed by atoms with van der Waals surface area (Å²) in [5.74, 6) is 0.646. The van der Waals surface area contributed by atoms with Gasteiger partial charge in [-0.15, -0.1) is 11.6 Å². The molecule has 1 atom stereocenters. The Kier molecular flexibility index (Phi) is 5.06. The van der Waals surface area contributed by atoms with E-state index in [1.54, 1.807) is 0 Å². The highest BCUT2D eigenvalue weighted by Gasteiger charge is 2.25. The first-order valence-electron chi connectivity index (χ1n) is 3.85. The third-order valence-corrected chi connectivity index (χ3v) is 2.17. The SMILES string of the molecule is CC(CO)C(C)(C)OCCCl. The number of rotatable bonds is 5. The van der Waals surface area contributed by atoms with Crippen molar-refractivity contribution in [3.8, 4) is 0 Å². The Labute approximate surface area is 73.5 Å². The lowest BCUT2D eigenvalue weighted by Crippen LogP contribution is -2.35. The average molecular weight is 181 g/mol. The van der Waals surface area contributed by atoms with Gasteiger partial charge < -0.3 is 9.84 Å². The normalized spacial score (nSPS) is 15.0. The second-order valence-corrected chi connectivity index (χ2v) is 3.60. The van der Waals surface area contributed by atoms with Crippen molar-refractivity contribution in [3.63, 3.8) is 0 Å². The Bertz CT molecular complexity index is 104. The average Bonchev–Trinajstić information content (AvgIpc) is 1.99. The van der Waals surface area contributed by atoms with Gasteiger partial charge in [0.25, 0.3) is 0 Å². The topological polar surface area (TPSA) is 29.5 Å². The van der Waals surface area contributed by atoms with E-state index in [1.807, 2.05) is 20.8 Å². The molecule has 0 aliphatic heterocycles. The van der Waals surface area contributed by atoms with Crippen molar-refractivity contribution < 1.29 is 9.84 Å². The predicted octanol–water partition coefficient (Wildman–Crippen LogP) is 1.65. The second kappa shape index (κ2) is 4.96. The van der Waals surface area contributed by atoms with Gasteiger partial charge in [0.15, 0.2) is 0 Å². The van der Waals surface area contributed by atoms with Gasteiger partial charge in [-0.1, -0.05) is 6.92 Å². The molecular weight excluding hydrogens is 164 g/mol. The number of alkyl halides is 1. The summed E-state index contributed by atoms with van der Waals surface area (Å²) in [5, 5.41) is 8.86. The molecule has 0 saturated carbocycles. The van der Waals surface area contributed by atoms with Crippen molar-refractivity contribution in [2.75, 3.05) is 19.1 Å².